The number of aromatic nitrogens is 1. The quantitative estimate of drug-likeness (QED) is 0.909. The second-order valence-electron chi connectivity index (χ2n) is 6.05. The molecular formula is C16H18N2O2S2. The Morgan fingerprint density at radius 2 is 2.27 bits per heavy atom. The highest BCUT2D eigenvalue weighted by atomic mass is 32.1. The first kappa shape index (κ1) is 15.4. The van der Waals surface area contributed by atoms with Crippen molar-refractivity contribution in [2.24, 2.45) is 11.8 Å². The van der Waals surface area contributed by atoms with E-state index in [1.807, 2.05) is 11.4 Å². The average Bonchev–Trinajstić information content (AvgIpc) is 3.06. The van der Waals surface area contributed by atoms with Gasteiger partial charge in [-0.05, 0) is 36.1 Å². The first-order chi connectivity index (χ1) is 10.5. The summed E-state index contributed by atoms with van der Waals surface area (Å²) in [5, 5.41) is 5.20. The molecule has 3 rings (SSSR count). The van der Waals surface area contributed by atoms with Crippen LogP contribution in [-0.4, -0.2) is 16.7 Å². The number of nitrogens with one attached hydrogen (secondary N) is 1. The minimum Gasteiger partial charge on any atom is -0.297 e. The van der Waals surface area contributed by atoms with Crippen LogP contribution in [0.2, 0.25) is 0 Å². The number of nitrogens with zero attached hydrogens (tertiary/aromatic N) is 1. The third kappa shape index (κ3) is 3.28. The lowest BCUT2D eigenvalue weighted by atomic mass is 9.84. The van der Waals surface area contributed by atoms with Crippen LogP contribution in [-0.2, 0) is 6.42 Å². The molecule has 0 aliphatic heterocycles. The molecule has 0 saturated carbocycles. The van der Waals surface area contributed by atoms with E-state index in [-0.39, 0.29) is 11.7 Å². The molecule has 1 aliphatic carbocycles. The van der Waals surface area contributed by atoms with Crippen LogP contribution in [0.3, 0.4) is 0 Å². The number of rotatable bonds is 4. The number of thiazole rings is 1. The van der Waals surface area contributed by atoms with Crippen molar-refractivity contribution >= 4 is 39.5 Å². The second-order valence-corrected chi connectivity index (χ2v) is 8.00. The molecule has 2 aromatic rings. The number of ketones is 1. The van der Waals surface area contributed by atoms with Crippen molar-refractivity contribution in [2.45, 2.75) is 33.1 Å². The summed E-state index contributed by atoms with van der Waals surface area (Å²) in [5.41, 5.74) is 0.855. The molecule has 2 aromatic heterocycles. The van der Waals surface area contributed by atoms with E-state index in [2.05, 4.69) is 24.1 Å². The first-order valence-electron chi connectivity index (χ1n) is 7.40. The van der Waals surface area contributed by atoms with Crippen molar-refractivity contribution in [2.75, 3.05) is 5.32 Å². The summed E-state index contributed by atoms with van der Waals surface area (Å²) < 4.78 is 0. The summed E-state index contributed by atoms with van der Waals surface area (Å²) in [6.45, 7) is 4.35. The van der Waals surface area contributed by atoms with Crippen molar-refractivity contribution < 1.29 is 9.59 Å². The lowest BCUT2D eigenvalue weighted by molar-refractivity contribution is 0.0945. The summed E-state index contributed by atoms with van der Waals surface area (Å²) in [6, 6.07) is 3.61. The Morgan fingerprint density at radius 1 is 1.45 bits per heavy atom. The highest BCUT2D eigenvalue weighted by Crippen LogP contribution is 2.34. The van der Waals surface area contributed by atoms with Crippen molar-refractivity contribution in [1.29, 1.82) is 0 Å². The van der Waals surface area contributed by atoms with Crippen molar-refractivity contribution in [3.63, 3.8) is 0 Å². The third-order valence-corrected chi connectivity index (χ3v) is 5.60. The maximum absolute atomic E-state index is 12.3. The van der Waals surface area contributed by atoms with Gasteiger partial charge in [-0.3, -0.25) is 14.9 Å². The predicted octanol–water partition coefficient (Wildman–Crippen LogP) is 4.25. The molecule has 0 spiro atoms. The first-order valence-corrected chi connectivity index (χ1v) is 9.10. The summed E-state index contributed by atoms with van der Waals surface area (Å²) >= 11 is 2.69. The SMILES string of the molecule is CC(C)C[C@@H]1CC(=O)c2sc(NC(=O)c3cccs3)nc2C1. The van der Waals surface area contributed by atoms with E-state index in [9.17, 15) is 9.59 Å². The molecule has 1 atom stereocenters. The van der Waals surface area contributed by atoms with Crippen LogP contribution in [0.5, 0.6) is 0 Å². The Morgan fingerprint density at radius 3 is 2.95 bits per heavy atom. The molecule has 0 bridgehead atoms. The van der Waals surface area contributed by atoms with Gasteiger partial charge in [0.1, 0.15) is 0 Å². The van der Waals surface area contributed by atoms with Gasteiger partial charge in [0.15, 0.2) is 10.9 Å². The predicted molar refractivity (Wildman–Crippen MR) is 90.0 cm³/mol. The molecular weight excluding hydrogens is 316 g/mol. The summed E-state index contributed by atoms with van der Waals surface area (Å²) in [5.74, 6) is 0.965. The van der Waals surface area contributed by atoms with Crippen molar-refractivity contribution in [1.82, 2.24) is 4.98 Å². The van der Waals surface area contributed by atoms with Gasteiger partial charge in [-0.1, -0.05) is 31.3 Å². The van der Waals surface area contributed by atoms with Gasteiger partial charge in [0.05, 0.1) is 15.4 Å². The fraction of sp³-hybridized carbons (Fsp3) is 0.438. The van der Waals surface area contributed by atoms with Crippen LogP contribution >= 0.6 is 22.7 Å². The van der Waals surface area contributed by atoms with Gasteiger partial charge >= 0.3 is 0 Å². The minimum absolute atomic E-state index is 0.160. The molecule has 116 valence electrons. The maximum atomic E-state index is 12.3. The zero-order valence-corrected chi connectivity index (χ0v) is 14.2. The van der Waals surface area contributed by atoms with E-state index in [0.29, 0.717) is 28.3 Å². The average molecular weight is 334 g/mol. The molecule has 1 N–H and O–H groups in total. The largest absolute Gasteiger partial charge is 0.297 e. The summed E-state index contributed by atoms with van der Waals surface area (Å²) in [6.07, 6.45) is 2.48. The number of Topliss-reactive ketones (excluding diaryl/α,β-unsaturated/α-hetero) is 1. The molecule has 6 heteroatoms. The number of hydrogen-bond acceptors (Lipinski definition) is 5. The maximum Gasteiger partial charge on any atom is 0.267 e. The molecule has 22 heavy (non-hydrogen) atoms. The molecule has 0 fully saturated rings. The van der Waals surface area contributed by atoms with Gasteiger partial charge in [0.2, 0.25) is 0 Å². The van der Waals surface area contributed by atoms with E-state index in [0.717, 1.165) is 23.4 Å². The van der Waals surface area contributed by atoms with Gasteiger partial charge < -0.3 is 0 Å². The Balaban J connectivity index is 1.75. The van der Waals surface area contributed by atoms with Gasteiger partial charge in [0, 0.05) is 6.42 Å². The Bertz CT molecular complexity index is 689. The van der Waals surface area contributed by atoms with E-state index >= 15 is 0 Å². The van der Waals surface area contributed by atoms with E-state index in [1.165, 1.54) is 22.7 Å². The van der Waals surface area contributed by atoms with E-state index < -0.39 is 0 Å². The topological polar surface area (TPSA) is 59.1 Å². The highest BCUT2D eigenvalue weighted by molar-refractivity contribution is 7.18. The van der Waals surface area contributed by atoms with Crippen LogP contribution in [0.4, 0.5) is 5.13 Å². The molecule has 0 aromatic carbocycles. The number of amides is 1. The Labute approximate surface area is 137 Å². The Hall–Kier alpha value is -1.53. The van der Waals surface area contributed by atoms with Crippen LogP contribution in [0.1, 0.15) is 51.7 Å². The van der Waals surface area contributed by atoms with E-state index in [1.54, 1.807) is 6.07 Å². The van der Waals surface area contributed by atoms with Gasteiger partial charge in [-0.2, -0.15) is 0 Å². The van der Waals surface area contributed by atoms with Gasteiger partial charge in [0.25, 0.3) is 5.91 Å². The molecule has 2 heterocycles. The van der Waals surface area contributed by atoms with E-state index in [4.69, 9.17) is 0 Å². The second kappa shape index (κ2) is 6.30. The summed E-state index contributed by atoms with van der Waals surface area (Å²) in [7, 11) is 0. The van der Waals surface area contributed by atoms with Crippen molar-refractivity contribution in [3.05, 3.63) is 33.0 Å². The van der Waals surface area contributed by atoms with Gasteiger partial charge in [-0.25, -0.2) is 4.98 Å². The van der Waals surface area contributed by atoms with Crippen LogP contribution < -0.4 is 5.32 Å². The number of hydrogen-bond donors (Lipinski definition) is 1. The fourth-order valence-electron chi connectivity index (χ4n) is 2.86. The fourth-order valence-corrected chi connectivity index (χ4v) is 4.42. The standard InChI is InChI=1S/C16H18N2O2S2/c1-9(2)6-10-7-11-14(12(19)8-10)22-16(17-11)18-15(20)13-4-3-5-21-13/h3-5,9-10H,6-8H2,1-2H3,(H,17,18,20)/t10-/m0/s1. The normalized spacial score (nSPS) is 17.6. The number of carbonyl (C=O) groups excluding carboxylic acids is 2. The number of fused-ring (bicyclic) bond motifs is 1. The molecule has 0 unspecified atom stereocenters. The summed E-state index contributed by atoms with van der Waals surface area (Å²) in [4.78, 5) is 30.2. The third-order valence-electron chi connectivity index (χ3n) is 3.68. The van der Waals surface area contributed by atoms with Crippen LogP contribution in [0, 0.1) is 11.8 Å². The minimum atomic E-state index is -0.160. The van der Waals surface area contributed by atoms with Crippen molar-refractivity contribution in [3.8, 4) is 0 Å². The van der Waals surface area contributed by atoms with Crippen LogP contribution in [0.25, 0.3) is 0 Å². The zero-order chi connectivity index (χ0) is 15.7. The Kier molecular flexibility index (Phi) is 4.40. The molecule has 1 amide bonds. The molecule has 0 radical (unpaired) electrons. The number of thiophene rings is 1. The monoisotopic (exact) mass is 334 g/mol. The molecule has 4 nitrogen and oxygen atoms in total. The number of carbonyl (C=O) groups is 2. The molecule has 1 aliphatic rings. The molecule has 0 saturated heterocycles. The lowest BCUT2D eigenvalue weighted by Crippen LogP contribution is -2.20. The van der Waals surface area contributed by atoms with Crippen LogP contribution in [0.15, 0.2) is 17.5 Å². The smallest absolute Gasteiger partial charge is 0.267 e. The highest BCUT2D eigenvalue weighted by Gasteiger charge is 2.29. The van der Waals surface area contributed by atoms with Gasteiger partial charge in [-0.15, -0.1) is 11.3 Å². The lowest BCUT2D eigenvalue weighted by Gasteiger charge is -2.21. The number of anilines is 1. The zero-order valence-electron chi connectivity index (χ0n) is 12.6.